The SMILES string of the molecule is CCCC(C)C(NCCN(CC)CC)C(=O)OC. The molecule has 0 saturated heterocycles. The second kappa shape index (κ2) is 10.3. The predicted octanol–water partition coefficient (Wildman–Crippen LogP) is 1.90. The van der Waals surface area contributed by atoms with Crippen molar-refractivity contribution in [2.75, 3.05) is 33.3 Å². The van der Waals surface area contributed by atoms with Crippen LogP contribution in [0, 0.1) is 5.92 Å². The molecule has 4 heteroatoms. The van der Waals surface area contributed by atoms with Gasteiger partial charge in [-0.3, -0.25) is 4.79 Å². The van der Waals surface area contributed by atoms with Gasteiger partial charge in [-0.05, 0) is 25.4 Å². The number of methoxy groups -OCH3 is 1. The van der Waals surface area contributed by atoms with E-state index < -0.39 is 0 Å². The molecule has 0 heterocycles. The molecule has 18 heavy (non-hydrogen) atoms. The van der Waals surface area contributed by atoms with Crippen LogP contribution in [0.1, 0.15) is 40.5 Å². The number of hydrogen-bond donors (Lipinski definition) is 1. The van der Waals surface area contributed by atoms with Crippen molar-refractivity contribution in [2.45, 2.75) is 46.6 Å². The lowest BCUT2D eigenvalue weighted by Gasteiger charge is -2.25. The van der Waals surface area contributed by atoms with Gasteiger partial charge in [0.25, 0.3) is 0 Å². The molecule has 0 aromatic heterocycles. The van der Waals surface area contributed by atoms with Crippen molar-refractivity contribution in [3.8, 4) is 0 Å². The molecule has 0 aliphatic rings. The van der Waals surface area contributed by atoms with Crippen LogP contribution in [-0.4, -0.2) is 50.2 Å². The van der Waals surface area contributed by atoms with Gasteiger partial charge < -0.3 is 15.0 Å². The maximum atomic E-state index is 11.7. The Morgan fingerprint density at radius 1 is 1.28 bits per heavy atom. The molecule has 0 rings (SSSR count). The first-order valence-electron chi connectivity index (χ1n) is 7.14. The van der Waals surface area contributed by atoms with Crippen LogP contribution < -0.4 is 5.32 Å². The number of nitrogens with zero attached hydrogens (tertiary/aromatic N) is 1. The molecule has 108 valence electrons. The van der Waals surface area contributed by atoms with Crippen molar-refractivity contribution in [3.63, 3.8) is 0 Å². The number of likely N-dealkylation sites (N-methyl/N-ethyl adjacent to an activating group) is 1. The quantitative estimate of drug-likeness (QED) is 0.608. The molecule has 2 atom stereocenters. The van der Waals surface area contributed by atoms with E-state index >= 15 is 0 Å². The maximum Gasteiger partial charge on any atom is 0.323 e. The zero-order valence-electron chi connectivity index (χ0n) is 12.7. The molecule has 0 spiro atoms. The first-order valence-corrected chi connectivity index (χ1v) is 7.14. The van der Waals surface area contributed by atoms with E-state index in [4.69, 9.17) is 4.74 Å². The third kappa shape index (κ3) is 6.36. The lowest BCUT2D eigenvalue weighted by Crippen LogP contribution is -2.45. The molecule has 0 aliphatic heterocycles. The van der Waals surface area contributed by atoms with Crippen LogP contribution in [0.2, 0.25) is 0 Å². The molecule has 0 aromatic rings. The lowest BCUT2D eigenvalue weighted by molar-refractivity contribution is -0.144. The van der Waals surface area contributed by atoms with Gasteiger partial charge in [0.15, 0.2) is 0 Å². The fourth-order valence-corrected chi connectivity index (χ4v) is 2.18. The highest BCUT2D eigenvalue weighted by molar-refractivity contribution is 5.75. The molecule has 1 N–H and O–H groups in total. The van der Waals surface area contributed by atoms with Crippen molar-refractivity contribution in [3.05, 3.63) is 0 Å². The van der Waals surface area contributed by atoms with Crippen LogP contribution in [0.4, 0.5) is 0 Å². The van der Waals surface area contributed by atoms with Crippen LogP contribution in [0.3, 0.4) is 0 Å². The van der Waals surface area contributed by atoms with E-state index in [1.807, 2.05) is 0 Å². The topological polar surface area (TPSA) is 41.6 Å². The molecule has 4 nitrogen and oxygen atoms in total. The standard InChI is InChI=1S/C14H30N2O2/c1-6-9-12(4)13(14(17)18-5)15-10-11-16(7-2)8-3/h12-13,15H,6-11H2,1-5H3. The van der Waals surface area contributed by atoms with Crippen LogP contribution in [0.5, 0.6) is 0 Å². The van der Waals surface area contributed by atoms with Crippen molar-refractivity contribution in [2.24, 2.45) is 5.92 Å². The third-order valence-electron chi connectivity index (χ3n) is 3.45. The number of hydrogen-bond acceptors (Lipinski definition) is 4. The zero-order chi connectivity index (χ0) is 14.0. The molecule has 0 saturated carbocycles. The van der Waals surface area contributed by atoms with Crippen molar-refractivity contribution in [1.29, 1.82) is 0 Å². The Labute approximate surface area is 112 Å². The van der Waals surface area contributed by atoms with Gasteiger partial charge in [-0.2, -0.15) is 0 Å². The molecular formula is C14H30N2O2. The van der Waals surface area contributed by atoms with E-state index in [-0.39, 0.29) is 12.0 Å². The Balaban J connectivity index is 4.20. The minimum Gasteiger partial charge on any atom is -0.468 e. The van der Waals surface area contributed by atoms with Crippen LogP contribution in [0.25, 0.3) is 0 Å². The van der Waals surface area contributed by atoms with Gasteiger partial charge in [0.05, 0.1) is 7.11 Å². The number of rotatable bonds is 10. The van der Waals surface area contributed by atoms with Crippen molar-refractivity contribution >= 4 is 5.97 Å². The van der Waals surface area contributed by atoms with Crippen LogP contribution in [-0.2, 0) is 9.53 Å². The molecule has 0 amide bonds. The van der Waals surface area contributed by atoms with E-state index in [1.54, 1.807) is 0 Å². The van der Waals surface area contributed by atoms with Gasteiger partial charge in [0, 0.05) is 13.1 Å². The Morgan fingerprint density at radius 3 is 2.33 bits per heavy atom. The number of ether oxygens (including phenoxy) is 1. The predicted molar refractivity (Wildman–Crippen MR) is 75.7 cm³/mol. The number of carbonyl (C=O) groups is 1. The Hall–Kier alpha value is -0.610. The summed E-state index contributed by atoms with van der Waals surface area (Å²) in [5.41, 5.74) is 0. The number of carbonyl (C=O) groups excluding carboxylic acids is 1. The lowest BCUT2D eigenvalue weighted by atomic mass is 9.97. The first kappa shape index (κ1) is 17.4. The Kier molecular flexibility index (Phi) is 9.98. The Bertz CT molecular complexity index is 218. The minimum absolute atomic E-state index is 0.143. The molecule has 0 radical (unpaired) electrons. The van der Waals surface area contributed by atoms with E-state index in [0.717, 1.165) is 39.0 Å². The number of nitrogens with one attached hydrogen (secondary N) is 1. The van der Waals surface area contributed by atoms with Gasteiger partial charge in [-0.25, -0.2) is 0 Å². The maximum absolute atomic E-state index is 11.7. The second-order valence-corrected chi connectivity index (χ2v) is 4.75. The summed E-state index contributed by atoms with van der Waals surface area (Å²) in [5, 5.41) is 3.34. The largest absolute Gasteiger partial charge is 0.468 e. The van der Waals surface area contributed by atoms with Gasteiger partial charge in [-0.1, -0.05) is 34.1 Å². The van der Waals surface area contributed by atoms with Crippen molar-refractivity contribution < 1.29 is 9.53 Å². The Morgan fingerprint density at radius 2 is 1.89 bits per heavy atom. The highest BCUT2D eigenvalue weighted by Crippen LogP contribution is 2.11. The molecule has 0 aromatic carbocycles. The van der Waals surface area contributed by atoms with E-state index in [1.165, 1.54) is 7.11 Å². The summed E-state index contributed by atoms with van der Waals surface area (Å²) in [5.74, 6) is 0.176. The third-order valence-corrected chi connectivity index (χ3v) is 3.45. The second-order valence-electron chi connectivity index (χ2n) is 4.75. The van der Waals surface area contributed by atoms with Gasteiger partial charge in [0.2, 0.25) is 0 Å². The molecule has 0 fully saturated rings. The van der Waals surface area contributed by atoms with Gasteiger partial charge in [0.1, 0.15) is 6.04 Å². The zero-order valence-corrected chi connectivity index (χ0v) is 12.7. The normalized spacial score (nSPS) is 14.6. The minimum atomic E-state index is -0.175. The average Bonchev–Trinajstić information content (AvgIpc) is 2.38. The van der Waals surface area contributed by atoms with Gasteiger partial charge in [-0.15, -0.1) is 0 Å². The van der Waals surface area contributed by atoms with E-state index in [0.29, 0.717) is 5.92 Å². The highest BCUT2D eigenvalue weighted by Gasteiger charge is 2.24. The highest BCUT2D eigenvalue weighted by atomic mass is 16.5. The molecular weight excluding hydrogens is 228 g/mol. The van der Waals surface area contributed by atoms with Gasteiger partial charge >= 0.3 is 5.97 Å². The monoisotopic (exact) mass is 258 g/mol. The summed E-state index contributed by atoms with van der Waals surface area (Å²) in [6.07, 6.45) is 2.13. The molecule has 0 aliphatic carbocycles. The average molecular weight is 258 g/mol. The summed E-state index contributed by atoms with van der Waals surface area (Å²) in [4.78, 5) is 14.1. The van der Waals surface area contributed by atoms with E-state index in [2.05, 4.69) is 37.9 Å². The fourth-order valence-electron chi connectivity index (χ4n) is 2.18. The smallest absolute Gasteiger partial charge is 0.323 e. The summed E-state index contributed by atoms with van der Waals surface area (Å²) in [6.45, 7) is 12.4. The van der Waals surface area contributed by atoms with Crippen LogP contribution in [0.15, 0.2) is 0 Å². The summed E-state index contributed by atoms with van der Waals surface area (Å²) >= 11 is 0. The molecule has 0 bridgehead atoms. The summed E-state index contributed by atoms with van der Waals surface area (Å²) < 4.78 is 4.87. The first-order chi connectivity index (χ1) is 8.60. The summed E-state index contributed by atoms with van der Waals surface area (Å²) in [7, 11) is 1.46. The number of esters is 1. The van der Waals surface area contributed by atoms with Crippen molar-refractivity contribution in [1.82, 2.24) is 10.2 Å². The molecule has 2 unspecified atom stereocenters. The van der Waals surface area contributed by atoms with Crippen LogP contribution >= 0.6 is 0 Å². The van der Waals surface area contributed by atoms with E-state index in [9.17, 15) is 4.79 Å². The summed E-state index contributed by atoms with van der Waals surface area (Å²) in [6, 6.07) is -0.175. The fraction of sp³-hybridized carbons (Fsp3) is 0.929.